The largest absolute Gasteiger partial charge is 0.490 e. The summed E-state index contributed by atoms with van der Waals surface area (Å²) in [5.74, 6) is -0.447. The van der Waals surface area contributed by atoms with Crippen LogP contribution in [-0.4, -0.2) is 45.4 Å². The van der Waals surface area contributed by atoms with Crippen LogP contribution in [0.5, 0.6) is 0 Å². The van der Waals surface area contributed by atoms with Gasteiger partial charge in [0.2, 0.25) is 0 Å². The number of alkyl halides is 3. The highest BCUT2D eigenvalue weighted by molar-refractivity contribution is 5.73. The van der Waals surface area contributed by atoms with Crippen molar-refractivity contribution in [1.82, 2.24) is 20.3 Å². The molecule has 27 heavy (non-hydrogen) atoms. The Hall–Kier alpha value is -2.40. The molecule has 0 aromatic carbocycles. The highest BCUT2D eigenvalue weighted by Gasteiger charge is 2.38. The molecular formula is C16H21F3N4O4. The van der Waals surface area contributed by atoms with Crippen LogP contribution in [-0.2, 0) is 29.2 Å². The molecule has 11 heteroatoms. The molecule has 0 spiro atoms. The van der Waals surface area contributed by atoms with E-state index in [4.69, 9.17) is 19.1 Å². The number of carboxylic acids is 1. The van der Waals surface area contributed by atoms with Crippen LogP contribution in [0.2, 0.25) is 0 Å². The topological polar surface area (TPSA) is 102 Å². The van der Waals surface area contributed by atoms with Gasteiger partial charge >= 0.3 is 12.1 Å². The fourth-order valence-electron chi connectivity index (χ4n) is 2.47. The van der Waals surface area contributed by atoms with Gasteiger partial charge in [0.15, 0.2) is 0 Å². The Labute approximate surface area is 153 Å². The Bertz CT molecular complexity index is 757. The molecule has 8 nitrogen and oxygen atoms in total. The number of ether oxygens (including phenoxy) is 1. The van der Waals surface area contributed by atoms with Gasteiger partial charge in [-0.25, -0.2) is 9.48 Å². The summed E-state index contributed by atoms with van der Waals surface area (Å²) in [4.78, 5) is 8.90. The van der Waals surface area contributed by atoms with Gasteiger partial charge < -0.3 is 19.6 Å². The summed E-state index contributed by atoms with van der Waals surface area (Å²) >= 11 is 0. The van der Waals surface area contributed by atoms with Gasteiger partial charge in [0.1, 0.15) is 11.5 Å². The zero-order chi connectivity index (χ0) is 20.0. The second-order valence-corrected chi connectivity index (χ2v) is 6.13. The normalized spacial score (nSPS) is 16.9. The van der Waals surface area contributed by atoms with Crippen molar-refractivity contribution in [3.05, 3.63) is 35.0 Å². The number of fused-ring (bicyclic) bond motifs is 1. The van der Waals surface area contributed by atoms with E-state index < -0.39 is 12.1 Å². The summed E-state index contributed by atoms with van der Waals surface area (Å²) in [5.41, 5.74) is 2.05. The van der Waals surface area contributed by atoms with E-state index in [0.717, 1.165) is 49.1 Å². The Morgan fingerprint density at radius 2 is 2.11 bits per heavy atom. The molecule has 0 aliphatic carbocycles. The molecule has 3 heterocycles. The van der Waals surface area contributed by atoms with Gasteiger partial charge in [0.25, 0.3) is 0 Å². The number of carboxylic acid groups (broad SMARTS) is 1. The number of rotatable bonds is 4. The second kappa shape index (κ2) is 9.00. The fraction of sp³-hybridized carbons (Fsp3) is 0.562. The smallest absolute Gasteiger partial charge is 0.475 e. The first-order valence-electron chi connectivity index (χ1n) is 8.19. The molecule has 1 aliphatic heterocycles. The minimum Gasteiger partial charge on any atom is -0.475 e. The Balaban J connectivity index is 0.000000321. The summed E-state index contributed by atoms with van der Waals surface area (Å²) in [6.07, 6.45) is -5.08. The van der Waals surface area contributed by atoms with Crippen LogP contribution in [0, 0.1) is 19.8 Å². The van der Waals surface area contributed by atoms with Gasteiger partial charge in [-0.2, -0.15) is 13.2 Å². The van der Waals surface area contributed by atoms with E-state index in [1.165, 1.54) is 0 Å². The summed E-state index contributed by atoms with van der Waals surface area (Å²) < 4.78 is 45.0. The number of halogens is 3. The number of carbonyl (C=O) groups is 1. The van der Waals surface area contributed by atoms with Crippen molar-refractivity contribution in [3.63, 3.8) is 0 Å². The third-order valence-electron chi connectivity index (χ3n) is 3.83. The van der Waals surface area contributed by atoms with Crippen LogP contribution in [0.4, 0.5) is 13.2 Å². The second-order valence-electron chi connectivity index (χ2n) is 6.13. The van der Waals surface area contributed by atoms with E-state index in [9.17, 15) is 13.2 Å². The molecule has 150 valence electrons. The summed E-state index contributed by atoms with van der Waals surface area (Å²) in [7, 11) is 0. The lowest BCUT2D eigenvalue weighted by Crippen LogP contribution is -2.28. The molecule has 2 aromatic rings. The summed E-state index contributed by atoms with van der Waals surface area (Å²) in [5, 5.41) is 18.8. The van der Waals surface area contributed by atoms with Gasteiger partial charge in [0, 0.05) is 19.0 Å². The molecule has 0 radical (unpaired) electrons. The van der Waals surface area contributed by atoms with Gasteiger partial charge in [-0.1, -0.05) is 5.21 Å². The number of hydrogen-bond acceptors (Lipinski definition) is 6. The van der Waals surface area contributed by atoms with Crippen LogP contribution in [0.15, 0.2) is 16.5 Å². The monoisotopic (exact) mass is 390 g/mol. The SMILES string of the molecule is Cc1ccc(CNCC2COCc3c(C)nnn3C2)o1.O=C(O)C(F)(F)F. The molecule has 0 saturated heterocycles. The van der Waals surface area contributed by atoms with Gasteiger partial charge in [-0.15, -0.1) is 5.10 Å². The van der Waals surface area contributed by atoms with Crippen LogP contribution < -0.4 is 5.32 Å². The minimum absolute atomic E-state index is 0.397. The van der Waals surface area contributed by atoms with Gasteiger partial charge in [0.05, 0.1) is 31.1 Å². The lowest BCUT2D eigenvalue weighted by Gasteiger charge is -2.14. The average Bonchev–Trinajstić information content (AvgIpc) is 3.07. The van der Waals surface area contributed by atoms with E-state index in [1.54, 1.807) is 0 Å². The minimum atomic E-state index is -5.08. The van der Waals surface area contributed by atoms with Crippen LogP contribution in [0.3, 0.4) is 0 Å². The first kappa shape index (κ1) is 20.9. The van der Waals surface area contributed by atoms with Gasteiger partial charge in [-0.05, 0) is 26.0 Å². The highest BCUT2D eigenvalue weighted by atomic mass is 19.4. The molecule has 1 aliphatic rings. The van der Waals surface area contributed by atoms with Crippen molar-refractivity contribution in [2.24, 2.45) is 5.92 Å². The van der Waals surface area contributed by atoms with Crippen molar-refractivity contribution in [3.8, 4) is 0 Å². The van der Waals surface area contributed by atoms with E-state index in [2.05, 4.69) is 15.6 Å². The first-order valence-corrected chi connectivity index (χ1v) is 8.19. The molecule has 0 fully saturated rings. The molecule has 1 atom stereocenters. The Morgan fingerprint density at radius 1 is 1.41 bits per heavy atom. The molecule has 2 N–H and O–H groups in total. The van der Waals surface area contributed by atoms with Crippen LogP contribution >= 0.6 is 0 Å². The maximum absolute atomic E-state index is 10.6. The zero-order valence-electron chi connectivity index (χ0n) is 14.9. The van der Waals surface area contributed by atoms with Crippen molar-refractivity contribution in [2.45, 2.75) is 39.7 Å². The summed E-state index contributed by atoms with van der Waals surface area (Å²) in [6.45, 7) is 7.74. The molecule has 2 aromatic heterocycles. The van der Waals surface area contributed by atoms with Crippen LogP contribution in [0.1, 0.15) is 22.9 Å². The molecular weight excluding hydrogens is 369 g/mol. The predicted molar refractivity (Wildman–Crippen MR) is 86.7 cm³/mol. The molecule has 3 rings (SSSR count). The van der Waals surface area contributed by atoms with E-state index >= 15 is 0 Å². The maximum Gasteiger partial charge on any atom is 0.490 e. The third-order valence-corrected chi connectivity index (χ3v) is 3.83. The number of aryl methyl sites for hydroxylation is 2. The third kappa shape index (κ3) is 6.36. The first-order chi connectivity index (χ1) is 12.7. The van der Waals surface area contributed by atoms with Crippen molar-refractivity contribution < 1.29 is 32.2 Å². The Morgan fingerprint density at radius 3 is 2.70 bits per heavy atom. The van der Waals surface area contributed by atoms with Gasteiger partial charge in [-0.3, -0.25) is 0 Å². The number of nitrogens with one attached hydrogen (secondary N) is 1. The predicted octanol–water partition coefficient (Wildman–Crippen LogP) is 2.06. The zero-order valence-corrected chi connectivity index (χ0v) is 14.9. The standard InChI is InChI=1S/C14H20N4O2.C2HF3O2/c1-10-3-4-13(20-10)6-15-5-12-7-18-14(9-19-8-12)11(2)16-17-18;3-2(4,5)1(6)7/h3-4,12,15H,5-9H2,1-2H3;(H,6,7). The van der Waals surface area contributed by atoms with Crippen LogP contribution in [0.25, 0.3) is 0 Å². The number of furan rings is 1. The molecule has 0 bridgehead atoms. The number of aliphatic carboxylic acids is 1. The molecule has 1 unspecified atom stereocenters. The summed E-state index contributed by atoms with van der Waals surface area (Å²) in [6, 6.07) is 3.99. The lowest BCUT2D eigenvalue weighted by molar-refractivity contribution is -0.192. The fourth-order valence-corrected chi connectivity index (χ4v) is 2.47. The van der Waals surface area contributed by atoms with Crippen molar-refractivity contribution in [1.29, 1.82) is 0 Å². The molecule has 0 saturated carbocycles. The van der Waals surface area contributed by atoms with E-state index in [1.807, 2.05) is 30.7 Å². The number of hydrogen-bond donors (Lipinski definition) is 2. The maximum atomic E-state index is 10.6. The number of aromatic nitrogens is 3. The molecule has 0 amide bonds. The number of nitrogens with zero attached hydrogens (tertiary/aromatic N) is 3. The quantitative estimate of drug-likeness (QED) is 0.824. The van der Waals surface area contributed by atoms with E-state index in [0.29, 0.717) is 12.5 Å². The lowest BCUT2D eigenvalue weighted by atomic mass is 10.1. The van der Waals surface area contributed by atoms with Crippen molar-refractivity contribution in [2.75, 3.05) is 13.2 Å². The van der Waals surface area contributed by atoms with E-state index in [-0.39, 0.29) is 0 Å². The Kier molecular flexibility index (Phi) is 6.97. The highest BCUT2D eigenvalue weighted by Crippen LogP contribution is 2.15. The average molecular weight is 390 g/mol. The van der Waals surface area contributed by atoms with Crippen molar-refractivity contribution >= 4 is 5.97 Å².